The van der Waals surface area contributed by atoms with Crippen molar-refractivity contribution in [2.75, 3.05) is 7.11 Å². The minimum atomic E-state index is 0.0646. The smallest absolute Gasteiger partial charge is 0.0847 e. The molecule has 1 fully saturated rings. The first-order valence-corrected chi connectivity index (χ1v) is 6.63. The lowest BCUT2D eigenvalue weighted by atomic mass is 10.0. The van der Waals surface area contributed by atoms with Crippen molar-refractivity contribution in [3.63, 3.8) is 0 Å². The number of hydrogen-bond acceptors (Lipinski definition) is 4. The maximum atomic E-state index is 6.27. The van der Waals surface area contributed by atoms with Gasteiger partial charge in [0.25, 0.3) is 0 Å². The Bertz CT molecular complexity index is 416. The van der Waals surface area contributed by atoms with Crippen molar-refractivity contribution in [3.05, 3.63) is 16.4 Å². The van der Waals surface area contributed by atoms with Crippen molar-refractivity contribution in [2.45, 2.75) is 38.3 Å². The Morgan fingerprint density at radius 3 is 2.67 bits per heavy atom. The minimum Gasteiger partial charge on any atom is -0.379 e. The first-order chi connectivity index (χ1) is 8.58. The minimum absolute atomic E-state index is 0.0646. The number of nitrogens with two attached hydrogens (primary N) is 1. The highest BCUT2D eigenvalue weighted by Crippen LogP contribution is 2.36. The summed E-state index contributed by atoms with van der Waals surface area (Å²) in [5.74, 6) is 6.28. The summed E-state index contributed by atoms with van der Waals surface area (Å²) in [6.45, 7) is 1.91. The Morgan fingerprint density at radius 1 is 1.61 bits per heavy atom. The third kappa shape index (κ3) is 2.69. The van der Waals surface area contributed by atoms with E-state index >= 15 is 0 Å². The molecule has 0 radical (unpaired) electrons. The Labute approximate surface area is 113 Å². The van der Waals surface area contributed by atoms with E-state index in [4.69, 9.17) is 22.2 Å². The summed E-state index contributed by atoms with van der Waals surface area (Å²) in [6.07, 6.45) is 3.30. The van der Waals surface area contributed by atoms with Gasteiger partial charge in [0.15, 0.2) is 0 Å². The van der Waals surface area contributed by atoms with Crippen LogP contribution in [0.3, 0.4) is 0 Å². The fraction of sp³-hybridized carbons (Fsp3) is 0.750. The zero-order valence-electron chi connectivity index (χ0n) is 11.1. The monoisotopic (exact) mass is 272 g/mol. The molecule has 1 aliphatic rings. The standard InChI is InChI=1S/C12H21ClN4O/c1-7-11(13)10(17(2)16-7)6-9(15-14)12(18-3)8-4-5-8/h8-9,12,15H,4-6,14H2,1-3H3. The van der Waals surface area contributed by atoms with Crippen LogP contribution in [0.25, 0.3) is 0 Å². The lowest BCUT2D eigenvalue weighted by molar-refractivity contribution is 0.0506. The van der Waals surface area contributed by atoms with Crippen molar-refractivity contribution in [3.8, 4) is 0 Å². The molecule has 0 bridgehead atoms. The number of methoxy groups -OCH3 is 1. The molecule has 0 aliphatic heterocycles. The van der Waals surface area contributed by atoms with Crippen LogP contribution in [-0.4, -0.2) is 29.0 Å². The Kier molecular flexibility index (Phi) is 4.27. The van der Waals surface area contributed by atoms with E-state index in [0.29, 0.717) is 5.92 Å². The van der Waals surface area contributed by atoms with Gasteiger partial charge in [0.1, 0.15) is 0 Å². The Hall–Kier alpha value is -0.620. The predicted octanol–water partition coefficient (Wildman–Crippen LogP) is 1.18. The van der Waals surface area contributed by atoms with Crippen molar-refractivity contribution in [1.29, 1.82) is 0 Å². The van der Waals surface area contributed by atoms with Crippen molar-refractivity contribution < 1.29 is 4.74 Å². The molecule has 5 nitrogen and oxygen atoms in total. The summed E-state index contributed by atoms with van der Waals surface area (Å²) in [4.78, 5) is 0. The van der Waals surface area contributed by atoms with Crippen LogP contribution in [0, 0.1) is 12.8 Å². The van der Waals surface area contributed by atoms with Gasteiger partial charge in [-0.2, -0.15) is 5.10 Å². The summed E-state index contributed by atoms with van der Waals surface area (Å²) < 4.78 is 7.39. The van der Waals surface area contributed by atoms with Crippen LogP contribution in [0.4, 0.5) is 0 Å². The number of hydrazine groups is 1. The van der Waals surface area contributed by atoms with Crippen LogP contribution in [0.5, 0.6) is 0 Å². The number of aryl methyl sites for hydroxylation is 2. The fourth-order valence-electron chi connectivity index (χ4n) is 2.49. The van der Waals surface area contributed by atoms with Gasteiger partial charge >= 0.3 is 0 Å². The normalized spacial score (nSPS) is 18.9. The van der Waals surface area contributed by atoms with Crippen LogP contribution in [0.1, 0.15) is 24.2 Å². The lowest BCUT2D eigenvalue weighted by Gasteiger charge is -2.25. The average molecular weight is 273 g/mol. The van der Waals surface area contributed by atoms with E-state index in [9.17, 15) is 0 Å². The average Bonchev–Trinajstić information content (AvgIpc) is 3.13. The topological polar surface area (TPSA) is 65.1 Å². The molecule has 0 amide bonds. The van der Waals surface area contributed by atoms with Crippen LogP contribution in [-0.2, 0) is 18.2 Å². The van der Waals surface area contributed by atoms with Gasteiger partial charge in [-0.05, 0) is 25.7 Å². The molecule has 102 valence electrons. The first-order valence-electron chi connectivity index (χ1n) is 6.25. The van der Waals surface area contributed by atoms with E-state index in [1.807, 2.05) is 18.7 Å². The van der Waals surface area contributed by atoms with Crippen molar-refractivity contribution >= 4 is 11.6 Å². The Balaban J connectivity index is 2.14. The number of nitrogens with zero attached hydrogens (tertiary/aromatic N) is 2. The molecule has 1 aromatic heterocycles. The number of ether oxygens (including phenoxy) is 1. The van der Waals surface area contributed by atoms with Crippen LogP contribution in [0.2, 0.25) is 5.02 Å². The summed E-state index contributed by atoms with van der Waals surface area (Å²) in [5.41, 5.74) is 4.71. The third-order valence-corrected chi connectivity index (χ3v) is 4.14. The second kappa shape index (κ2) is 5.57. The second-order valence-corrected chi connectivity index (χ2v) is 5.36. The van der Waals surface area contributed by atoms with E-state index in [-0.39, 0.29) is 12.1 Å². The SMILES string of the molecule is COC(C1CC1)C(Cc1c(Cl)c(C)nn1C)NN. The highest BCUT2D eigenvalue weighted by Gasteiger charge is 2.37. The maximum absolute atomic E-state index is 6.27. The molecule has 2 unspecified atom stereocenters. The van der Waals surface area contributed by atoms with Crippen molar-refractivity contribution in [2.24, 2.45) is 18.8 Å². The molecule has 1 heterocycles. The highest BCUT2D eigenvalue weighted by molar-refractivity contribution is 6.31. The van der Waals surface area contributed by atoms with Gasteiger partial charge in [-0.15, -0.1) is 0 Å². The van der Waals surface area contributed by atoms with Gasteiger partial charge in [0, 0.05) is 20.6 Å². The fourth-order valence-corrected chi connectivity index (χ4v) is 2.73. The molecule has 2 atom stereocenters. The summed E-state index contributed by atoms with van der Waals surface area (Å²) in [5, 5.41) is 5.04. The number of rotatable bonds is 6. The Morgan fingerprint density at radius 2 is 2.28 bits per heavy atom. The van der Waals surface area contributed by atoms with E-state index in [2.05, 4.69) is 10.5 Å². The summed E-state index contributed by atoms with van der Waals surface area (Å²) >= 11 is 6.27. The zero-order valence-corrected chi connectivity index (χ0v) is 11.9. The second-order valence-electron chi connectivity index (χ2n) is 4.98. The van der Waals surface area contributed by atoms with E-state index in [0.717, 1.165) is 22.8 Å². The molecule has 6 heteroatoms. The highest BCUT2D eigenvalue weighted by atomic mass is 35.5. The summed E-state index contributed by atoms with van der Waals surface area (Å²) in [6, 6.07) is 0.0646. The third-order valence-electron chi connectivity index (χ3n) is 3.64. The van der Waals surface area contributed by atoms with Gasteiger partial charge in [-0.1, -0.05) is 11.6 Å². The number of halogens is 1. The van der Waals surface area contributed by atoms with Crippen LogP contribution in [0.15, 0.2) is 0 Å². The molecular weight excluding hydrogens is 252 g/mol. The number of nitrogens with one attached hydrogen (secondary N) is 1. The maximum Gasteiger partial charge on any atom is 0.0847 e. The van der Waals surface area contributed by atoms with Gasteiger partial charge in [0.05, 0.1) is 28.6 Å². The largest absolute Gasteiger partial charge is 0.379 e. The molecule has 0 aromatic carbocycles. The van der Waals surface area contributed by atoms with E-state index < -0.39 is 0 Å². The molecule has 3 N–H and O–H groups in total. The van der Waals surface area contributed by atoms with Crippen LogP contribution < -0.4 is 11.3 Å². The van der Waals surface area contributed by atoms with Crippen LogP contribution >= 0.6 is 11.6 Å². The van der Waals surface area contributed by atoms with Gasteiger partial charge < -0.3 is 4.74 Å². The molecular formula is C12H21ClN4O. The van der Waals surface area contributed by atoms with E-state index in [1.165, 1.54) is 12.8 Å². The lowest BCUT2D eigenvalue weighted by Crippen LogP contribution is -2.47. The molecule has 18 heavy (non-hydrogen) atoms. The quantitative estimate of drug-likeness (QED) is 0.603. The molecule has 0 saturated heterocycles. The molecule has 1 saturated carbocycles. The van der Waals surface area contributed by atoms with Gasteiger partial charge in [0.2, 0.25) is 0 Å². The molecule has 1 aliphatic carbocycles. The van der Waals surface area contributed by atoms with E-state index in [1.54, 1.807) is 7.11 Å². The molecule has 1 aromatic rings. The van der Waals surface area contributed by atoms with Gasteiger partial charge in [-0.25, -0.2) is 0 Å². The number of aromatic nitrogens is 2. The predicted molar refractivity (Wildman–Crippen MR) is 71.3 cm³/mol. The summed E-state index contributed by atoms with van der Waals surface area (Å²) in [7, 11) is 3.64. The van der Waals surface area contributed by atoms with Gasteiger partial charge in [-0.3, -0.25) is 16.0 Å². The molecule has 0 spiro atoms. The number of hydrogen-bond donors (Lipinski definition) is 2. The van der Waals surface area contributed by atoms with Crippen molar-refractivity contribution in [1.82, 2.24) is 15.2 Å². The molecule has 2 rings (SSSR count). The first kappa shape index (κ1) is 13.8. The zero-order chi connectivity index (χ0) is 13.3.